The summed E-state index contributed by atoms with van der Waals surface area (Å²) >= 11 is 3.29. The first kappa shape index (κ1) is 18.9. The molecule has 132 valence electrons. The Morgan fingerprint density at radius 1 is 1.20 bits per heavy atom. The van der Waals surface area contributed by atoms with Crippen molar-refractivity contribution in [1.82, 2.24) is 5.32 Å². The number of benzene rings is 2. The zero-order chi connectivity index (χ0) is 18.4. The second-order valence-corrected chi connectivity index (χ2v) is 6.12. The number of esters is 1. The van der Waals surface area contributed by atoms with Gasteiger partial charge in [-0.1, -0.05) is 12.1 Å². The molecule has 0 spiro atoms. The van der Waals surface area contributed by atoms with E-state index in [1.54, 1.807) is 37.3 Å². The number of amides is 1. The second-order valence-electron chi connectivity index (χ2n) is 5.27. The third-order valence-corrected chi connectivity index (χ3v) is 4.08. The topological polar surface area (TPSA) is 64.6 Å². The summed E-state index contributed by atoms with van der Waals surface area (Å²) in [6.07, 6.45) is 0. The minimum Gasteiger partial charge on any atom is -0.483 e. The molecule has 2 rings (SSSR count). The Morgan fingerprint density at radius 2 is 1.88 bits per heavy atom. The molecule has 0 aliphatic heterocycles. The summed E-state index contributed by atoms with van der Waals surface area (Å²) in [6.45, 7) is 1.61. The summed E-state index contributed by atoms with van der Waals surface area (Å²) in [4.78, 5) is 23.4. The maximum absolute atomic E-state index is 12.9. The van der Waals surface area contributed by atoms with Crippen molar-refractivity contribution in [1.29, 1.82) is 0 Å². The first-order chi connectivity index (χ1) is 11.9. The number of ether oxygens (including phenoxy) is 2. The molecule has 1 amide bonds. The molecular weight excluding hydrogens is 393 g/mol. The van der Waals surface area contributed by atoms with E-state index in [2.05, 4.69) is 26.0 Å². The van der Waals surface area contributed by atoms with Gasteiger partial charge in [0.05, 0.1) is 23.2 Å². The molecule has 0 heterocycles. The number of hydrogen-bond acceptors (Lipinski definition) is 4. The molecule has 1 atom stereocenters. The molecule has 1 N–H and O–H groups in total. The summed E-state index contributed by atoms with van der Waals surface area (Å²) in [5.41, 5.74) is 1.16. The lowest BCUT2D eigenvalue weighted by atomic mass is 10.1. The van der Waals surface area contributed by atoms with E-state index in [1.165, 1.54) is 19.2 Å². The van der Waals surface area contributed by atoms with Crippen molar-refractivity contribution in [2.24, 2.45) is 0 Å². The highest BCUT2D eigenvalue weighted by Crippen LogP contribution is 2.26. The summed E-state index contributed by atoms with van der Waals surface area (Å²) < 4.78 is 23.5. The molecule has 0 radical (unpaired) electrons. The van der Waals surface area contributed by atoms with Gasteiger partial charge >= 0.3 is 5.97 Å². The van der Waals surface area contributed by atoms with Crippen LogP contribution in [0.1, 0.15) is 28.9 Å². The van der Waals surface area contributed by atoms with E-state index in [4.69, 9.17) is 4.74 Å². The van der Waals surface area contributed by atoms with Crippen molar-refractivity contribution in [2.75, 3.05) is 13.7 Å². The number of carbonyl (C=O) groups excluding carboxylic acids is 2. The van der Waals surface area contributed by atoms with E-state index in [-0.39, 0.29) is 24.4 Å². The fourth-order valence-electron chi connectivity index (χ4n) is 2.12. The molecule has 2 aromatic rings. The van der Waals surface area contributed by atoms with Crippen LogP contribution < -0.4 is 10.1 Å². The fraction of sp³-hybridized carbons (Fsp3) is 0.222. The van der Waals surface area contributed by atoms with Gasteiger partial charge in [0.15, 0.2) is 6.61 Å². The van der Waals surface area contributed by atoms with Crippen LogP contribution in [0.15, 0.2) is 46.9 Å². The molecule has 5 nitrogen and oxygen atoms in total. The van der Waals surface area contributed by atoms with Gasteiger partial charge in [-0.05, 0) is 58.7 Å². The Bertz CT molecular complexity index is 764. The minimum atomic E-state index is -0.460. The van der Waals surface area contributed by atoms with E-state index in [9.17, 15) is 14.0 Å². The highest BCUT2D eigenvalue weighted by molar-refractivity contribution is 9.10. The molecule has 0 saturated carbocycles. The predicted octanol–water partition coefficient (Wildman–Crippen LogP) is 3.63. The number of rotatable bonds is 6. The minimum absolute atomic E-state index is 0.193. The van der Waals surface area contributed by atoms with Crippen molar-refractivity contribution in [3.05, 3.63) is 63.9 Å². The van der Waals surface area contributed by atoms with Crippen LogP contribution in [0.25, 0.3) is 0 Å². The van der Waals surface area contributed by atoms with Gasteiger partial charge in [-0.3, -0.25) is 4.79 Å². The lowest BCUT2D eigenvalue weighted by Crippen LogP contribution is -2.31. The maximum atomic E-state index is 12.9. The molecular formula is C18H17BrFNO4. The van der Waals surface area contributed by atoms with Crippen LogP contribution in [0, 0.1) is 5.82 Å². The highest BCUT2D eigenvalue weighted by atomic mass is 79.9. The number of carbonyl (C=O) groups is 2. The zero-order valence-corrected chi connectivity index (χ0v) is 15.3. The van der Waals surface area contributed by atoms with Gasteiger partial charge in [-0.15, -0.1) is 0 Å². The standard InChI is InChI=1S/C18H17BrFNO4/c1-11(12-3-6-14(20)7-4-12)21-17(22)10-25-16-8-5-13(9-15(16)19)18(23)24-2/h3-9,11H,10H2,1-2H3,(H,21,22). The van der Waals surface area contributed by atoms with Gasteiger partial charge in [0.2, 0.25) is 0 Å². The smallest absolute Gasteiger partial charge is 0.337 e. The lowest BCUT2D eigenvalue weighted by Gasteiger charge is -2.15. The molecule has 0 aliphatic carbocycles. The number of nitrogens with one attached hydrogen (secondary N) is 1. The Kier molecular flexibility index (Phi) is 6.52. The highest BCUT2D eigenvalue weighted by Gasteiger charge is 2.13. The Labute approximate surface area is 153 Å². The molecule has 25 heavy (non-hydrogen) atoms. The third-order valence-electron chi connectivity index (χ3n) is 3.46. The normalized spacial score (nSPS) is 11.5. The fourth-order valence-corrected chi connectivity index (χ4v) is 2.62. The van der Waals surface area contributed by atoms with E-state index >= 15 is 0 Å². The summed E-state index contributed by atoms with van der Waals surface area (Å²) in [5, 5.41) is 2.77. The van der Waals surface area contributed by atoms with Gasteiger partial charge in [0.1, 0.15) is 11.6 Å². The molecule has 0 aliphatic rings. The van der Waals surface area contributed by atoms with Gasteiger partial charge < -0.3 is 14.8 Å². The van der Waals surface area contributed by atoms with Gasteiger partial charge in [0.25, 0.3) is 5.91 Å². The number of halogens is 2. The lowest BCUT2D eigenvalue weighted by molar-refractivity contribution is -0.123. The Morgan fingerprint density at radius 3 is 2.48 bits per heavy atom. The maximum Gasteiger partial charge on any atom is 0.337 e. The van der Waals surface area contributed by atoms with Crippen LogP contribution in [-0.2, 0) is 9.53 Å². The van der Waals surface area contributed by atoms with E-state index in [1.807, 2.05) is 0 Å². The van der Waals surface area contributed by atoms with Gasteiger partial charge in [-0.25, -0.2) is 9.18 Å². The second kappa shape index (κ2) is 8.62. The van der Waals surface area contributed by atoms with Crippen LogP contribution >= 0.6 is 15.9 Å². The van der Waals surface area contributed by atoms with Crippen molar-refractivity contribution in [3.63, 3.8) is 0 Å². The average Bonchev–Trinajstić information content (AvgIpc) is 2.60. The summed E-state index contributed by atoms with van der Waals surface area (Å²) in [7, 11) is 1.30. The van der Waals surface area contributed by atoms with Crippen molar-refractivity contribution >= 4 is 27.8 Å². The van der Waals surface area contributed by atoms with Crippen molar-refractivity contribution in [3.8, 4) is 5.75 Å². The monoisotopic (exact) mass is 409 g/mol. The van der Waals surface area contributed by atoms with Gasteiger partial charge in [-0.2, -0.15) is 0 Å². The van der Waals surface area contributed by atoms with E-state index < -0.39 is 5.97 Å². The average molecular weight is 410 g/mol. The molecule has 0 aromatic heterocycles. The molecule has 0 fully saturated rings. The van der Waals surface area contributed by atoms with Crippen LogP contribution in [0.5, 0.6) is 5.75 Å². The largest absolute Gasteiger partial charge is 0.483 e. The van der Waals surface area contributed by atoms with Crippen molar-refractivity contribution < 1.29 is 23.5 Å². The summed E-state index contributed by atoms with van der Waals surface area (Å²) in [5.74, 6) is -0.679. The molecule has 1 unspecified atom stereocenters. The molecule has 0 bridgehead atoms. The van der Waals surface area contributed by atoms with Crippen LogP contribution in [0.3, 0.4) is 0 Å². The predicted molar refractivity (Wildman–Crippen MR) is 93.9 cm³/mol. The zero-order valence-electron chi connectivity index (χ0n) is 13.7. The Hall–Kier alpha value is -2.41. The quantitative estimate of drug-likeness (QED) is 0.739. The van der Waals surface area contributed by atoms with Crippen LogP contribution in [-0.4, -0.2) is 25.6 Å². The first-order valence-electron chi connectivity index (χ1n) is 7.46. The van der Waals surface area contributed by atoms with Crippen LogP contribution in [0.2, 0.25) is 0 Å². The SMILES string of the molecule is COC(=O)c1ccc(OCC(=O)NC(C)c2ccc(F)cc2)c(Br)c1. The van der Waals surface area contributed by atoms with Crippen LogP contribution in [0.4, 0.5) is 4.39 Å². The summed E-state index contributed by atoms with van der Waals surface area (Å²) in [6, 6.07) is 10.3. The molecule has 0 saturated heterocycles. The van der Waals surface area contributed by atoms with E-state index in [0.29, 0.717) is 15.8 Å². The Balaban J connectivity index is 1.91. The van der Waals surface area contributed by atoms with Crippen molar-refractivity contribution in [2.45, 2.75) is 13.0 Å². The molecule has 7 heteroatoms. The number of methoxy groups -OCH3 is 1. The third kappa shape index (κ3) is 5.29. The number of hydrogen-bond donors (Lipinski definition) is 1. The van der Waals surface area contributed by atoms with Gasteiger partial charge in [0, 0.05) is 0 Å². The first-order valence-corrected chi connectivity index (χ1v) is 8.25. The van der Waals surface area contributed by atoms with E-state index in [0.717, 1.165) is 5.56 Å². The molecule has 2 aromatic carbocycles.